The third-order valence-electron chi connectivity index (χ3n) is 3.44. The number of hydrogen-bond donors (Lipinski definition) is 2. The number of aliphatic hydroxyl groups is 1. The number of alkyl halides is 3. The summed E-state index contributed by atoms with van der Waals surface area (Å²) in [5.41, 5.74) is -1.82. The molecule has 2 N–H and O–H groups in total. The van der Waals surface area contributed by atoms with Gasteiger partial charge in [0.05, 0.1) is 11.2 Å². The second-order valence-electron chi connectivity index (χ2n) is 5.60. The van der Waals surface area contributed by atoms with Crippen molar-refractivity contribution < 1.29 is 27.8 Å². The molecular formula is C15H20F3NO3. The summed E-state index contributed by atoms with van der Waals surface area (Å²) >= 11 is 0. The zero-order valence-electron chi connectivity index (χ0n) is 12.7. The Bertz CT molecular complexity index is 496. The zero-order chi connectivity index (χ0) is 17.0. The van der Waals surface area contributed by atoms with E-state index in [0.29, 0.717) is 0 Å². The molecule has 124 valence electrons. The second-order valence-corrected chi connectivity index (χ2v) is 5.60. The fourth-order valence-electron chi connectivity index (χ4n) is 1.42. The summed E-state index contributed by atoms with van der Waals surface area (Å²) in [6.07, 6.45) is -4.40. The van der Waals surface area contributed by atoms with Crippen LogP contribution in [0.25, 0.3) is 0 Å². The smallest absolute Gasteiger partial charge is 0.416 e. The van der Waals surface area contributed by atoms with Crippen LogP contribution in [0, 0.1) is 5.92 Å². The van der Waals surface area contributed by atoms with E-state index in [1.165, 1.54) is 0 Å². The van der Waals surface area contributed by atoms with Crippen molar-refractivity contribution in [1.82, 2.24) is 5.32 Å². The van der Waals surface area contributed by atoms with E-state index >= 15 is 0 Å². The van der Waals surface area contributed by atoms with Gasteiger partial charge in [0.25, 0.3) is 5.91 Å². The fourth-order valence-corrected chi connectivity index (χ4v) is 1.42. The molecule has 0 aliphatic carbocycles. The molecule has 1 aromatic carbocycles. The van der Waals surface area contributed by atoms with Gasteiger partial charge in [0.2, 0.25) is 0 Å². The van der Waals surface area contributed by atoms with Crippen molar-refractivity contribution in [3.8, 4) is 5.75 Å². The van der Waals surface area contributed by atoms with Gasteiger partial charge in [-0.3, -0.25) is 4.79 Å². The van der Waals surface area contributed by atoms with Crippen molar-refractivity contribution in [2.45, 2.75) is 32.5 Å². The molecule has 0 aliphatic heterocycles. The van der Waals surface area contributed by atoms with E-state index < -0.39 is 23.2 Å². The highest BCUT2D eigenvalue weighted by Crippen LogP contribution is 2.30. The first-order chi connectivity index (χ1) is 10.0. The van der Waals surface area contributed by atoms with Crippen LogP contribution in [-0.4, -0.2) is 29.8 Å². The first kappa shape index (κ1) is 18.3. The quantitative estimate of drug-likeness (QED) is 0.847. The Morgan fingerprint density at radius 2 is 1.82 bits per heavy atom. The van der Waals surface area contributed by atoms with Gasteiger partial charge in [0, 0.05) is 6.54 Å². The van der Waals surface area contributed by atoms with Crippen molar-refractivity contribution in [3.63, 3.8) is 0 Å². The molecule has 1 unspecified atom stereocenters. The minimum Gasteiger partial charge on any atom is -0.484 e. The van der Waals surface area contributed by atoms with Crippen LogP contribution in [0.1, 0.15) is 26.3 Å². The van der Waals surface area contributed by atoms with Gasteiger partial charge < -0.3 is 15.2 Å². The number of carbonyl (C=O) groups excluding carboxylic acids is 1. The highest BCUT2D eigenvalue weighted by Gasteiger charge is 2.30. The highest BCUT2D eigenvalue weighted by molar-refractivity contribution is 5.77. The first-order valence-electron chi connectivity index (χ1n) is 6.81. The van der Waals surface area contributed by atoms with E-state index in [9.17, 15) is 23.1 Å². The van der Waals surface area contributed by atoms with E-state index in [4.69, 9.17) is 4.74 Å². The molecule has 0 radical (unpaired) electrons. The van der Waals surface area contributed by atoms with Crippen LogP contribution in [0.15, 0.2) is 24.3 Å². The lowest BCUT2D eigenvalue weighted by atomic mass is 9.93. The van der Waals surface area contributed by atoms with E-state index in [1.807, 2.05) is 13.8 Å². The van der Waals surface area contributed by atoms with Crippen LogP contribution < -0.4 is 10.1 Å². The largest absolute Gasteiger partial charge is 0.484 e. The number of carbonyl (C=O) groups is 1. The molecule has 4 nitrogen and oxygen atoms in total. The van der Waals surface area contributed by atoms with Gasteiger partial charge in [-0.05, 0) is 37.1 Å². The van der Waals surface area contributed by atoms with Gasteiger partial charge in [-0.25, -0.2) is 0 Å². The Hall–Kier alpha value is -1.76. The summed E-state index contributed by atoms with van der Waals surface area (Å²) < 4.78 is 42.2. The molecule has 0 heterocycles. The molecule has 1 amide bonds. The summed E-state index contributed by atoms with van der Waals surface area (Å²) in [4.78, 5) is 11.6. The van der Waals surface area contributed by atoms with E-state index in [1.54, 1.807) is 6.92 Å². The molecule has 0 aromatic heterocycles. The Labute approximate surface area is 127 Å². The van der Waals surface area contributed by atoms with E-state index in [-0.39, 0.29) is 24.8 Å². The highest BCUT2D eigenvalue weighted by atomic mass is 19.4. The summed E-state index contributed by atoms with van der Waals surface area (Å²) in [7, 11) is 0. The number of rotatable bonds is 6. The predicted molar refractivity (Wildman–Crippen MR) is 75.4 cm³/mol. The molecule has 0 bridgehead atoms. The molecular weight excluding hydrogens is 299 g/mol. The molecule has 1 aromatic rings. The van der Waals surface area contributed by atoms with E-state index in [0.717, 1.165) is 24.3 Å². The molecule has 1 rings (SSSR count). The number of amides is 1. The van der Waals surface area contributed by atoms with E-state index in [2.05, 4.69) is 5.32 Å². The monoisotopic (exact) mass is 319 g/mol. The zero-order valence-corrected chi connectivity index (χ0v) is 12.7. The van der Waals surface area contributed by atoms with Crippen LogP contribution in [0.3, 0.4) is 0 Å². The number of nitrogens with one attached hydrogen (secondary N) is 1. The van der Waals surface area contributed by atoms with Crippen molar-refractivity contribution in [3.05, 3.63) is 29.8 Å². The average molecular weight is 319 g/mol. The van der Waals surface area contributed by atoms with Gasteiger partial charge >= 0.3 is 6.18 Å². The average Bonchev–Trinajstić information content (AvgIpc) is 2.42. The lowest BCUT2D eigenvalue weighted by Crippen LogP contribution is -2.45. The van der Waals surface area contributed by atoms with Gasteiger partial charge in [-0.1, -0.05) is 13.8 Å². The molecule has 0 saturated carbocycles. The number of hydrogen-bond acceptors (Lipinski definition) is 3. The summed E-state index contributed by atoms with van der Waals surface area (Å²) in [5, 5.41) is 12.5. The Morgan fingerprint density at radius 1 is 1.27 bits per heavy atom. The normalized spacial score (nSPS) is 14.5. The third-order valence-corrected chi connectivity index (χ3v) is 3.44. The Balaban J connectivity index is 2.45. The molecule has 0 spiro atoms. The van der Waals surface area contributed by atoms with Gasteiger partial charge in [-0.15, -0.1) is 0 Å². The lowest BCUT2D eigenvalue weighted by molar-refractivity contribution is -0.137. The fraction of sp³-hybridized carbons (Fsp3) is 0.533. The van der Waals surface area contributed by atoms with Crippen molar-refractivity contribution >= 4 is 5.91 Å². The second kappa shape index (κ2) is 7.00. The molecule has 0 saturated heterocycles. The van der Waals surface area contributed by atoms with Gasteiger partial charge in [-0.2, -0.15) is 13.2 Å². The number of benzene rings is 1. The number of ether oxygens (including phenoxy) is 1. The van der Waals surface area contributed by atoms with Crippen molar-refractivity contribution in [2.75, 3.05) is 13.2 Å². The molecule has 0 aliphatic rings. The summed E-state index contributed by atoms with van der Waals surface area (Å²) in [5.74, 6) is -0.330. The van der Waals surface area contributed by atoms with Gasteiger partial charge in [0.1, 0.15) is 5.75 Å². The van der Waals surface area contributed by atoms with Crippen LogP contribution in [0.5, 0.6) is 5.75 Å². The van der Waals surface area contributed by atoms with Crippen molar-refractivity contribution in [2.24, 2.45) is 5.92 Å². The van der Waals surface area contributed by atoms with Crippen LogP contribution in [0.4, 0.5) is 13.2 Å². The van der Waals surface area contributed by atoms with Crippen LogP contribution in [0.2, 0.25) is 0 Å². The summed E-state index contributed by atoms with van der Waals surface area (Å²) in [6.45, 7) is 4.99. The predicted octanol–water partition coefficient (Wildman–Crippen LogP) is 2.61. The summed E-state index contributed by atoms with van der Waals surface area (Å²) in [6, 6.07) is 4.08. The maximum absolute atomic E-state index is 12.4. The topological polar surface area (TPSA) is 58.6 Å². The third kappa shape index (κ3) is 5.55. The molecule has 22 heavy (non-hydrogen) atoms. The molecule has 0 fully saturated rings. The minimum absolute atomic E-state index is 0.0383. The Kier molecular flexibility index (Phi) is 5.82. The number of halogens is 3. The minimum atomic E-state index is -4.40. The van der Waals surface area contributed by atoms with Crippen LogP contribution in [-0.2, 0) is 11.0 Å². The molecule has 7 heteroatoms. The Morgan fingerprint density at radius 3 is 2.27 bits per heavy atom. The molecule has 1 atom stereocenters. The van der Waals surface area contributed by atoms with Crippen LogP contribution >= 0.6 is 0 Å². The SMILES string of the molecule is CC(C)C(C)(O)CNC(=O)COc1ccc(C(F)(F)F)cc1. The van der Waals surface area contributed by atoms with Crippen molar-refractivity contribution in [1.29, 1.82) is 0 Å². The maximum atomic E-state index is 12.4. The lowest BCUT2D eigenvalue weighted by Gasteiger charge is -2.27. The standard InChI is InChI=1S/C15H20F3NO3/c1-10(2)14(3,21)9-19-13(20)8-22-12-6-4-11(5-7-12)15(16,17)18/h4-7,10,21H,8-9H2,1-3H3,(H,19,20). The first-order valence-corrected chi connectivity index (χ1v) is 6.81. The van der Waals surface area contributed by atoms with Gasteiger partial charge in [0.15, 0.2) is 6.61 Å². The maximum Gasteiger partial charge on any atom is 0.416 e.